The highest BCUT2D eigenvalue weighted by Crippen LogP contribution is 2.34. The van der Waals surface area contributed by atoms with E-state index in [9.17, 15) is 0 Å². The van der Waals surface area contributed by atoms with Crippen molar-refractivity contribution in [1.82, 2.24) is 0 Å². The van der Waals surface area contributed by atoms with Gasteiger partial charge < -0.3 is 0 Å². The summed E-state index contributed by atoms with van der Waals surface area (Å²) >= 11 is 0. The van der Waals surface area contributed by atoms with Crippen molar-refractivity contribution in [3.63, 3.8) is 0 Å². The lowest BCUT2D eigenvalue weighted by Crippen LogP contribution is -2.16. The average molecular weight is 198 g/mol. The summed E-state index contributed by atoms with van der Waals surface area (Å²) in [6, 6.07) is 0. The van der Waals surface area contributed by atoms with E-state index < -0.39 is 0 Å². The van der Waals surface area contributed by atoms with Crippen LogP contribution in [0.2, 0.25) is 0 Å². The fourth-order valence-electron chi connectivity index (χ4n) is 2.31. The van der Waals surface area contributed by atoms with E-state index in [0.29, 0.717) is 5.41 Å². The third-order valence-electron chi connectivity index (χ3n) is 3.73. The van der Waals surface area contributed by atoms with E-state index in [1.165, 1.54) is 44.9 Å². The molecule has 0 aliphatic heterocycles. The van der Waals surface area contributed by atoms with Gasteiger partial charge in [-0.2, -0.15) is 0 Å². The molecule has 0 fully saturated rings. The molecular weight excluding hydrogens is 168 g/mol. The van der Waals surface area contributed by atoms with Gasteiger partial charge in [-0.3, -0.25) is 0 Å². The van der Waals surface area contributed by atoms with E-state index in [0.717, 1.165) is 5.92 Å². The van der Waals surface area contributed by atoms with Crippen LogP contribution in [0.3, 0.4) is 0 Å². The van der Waals surface area contributed by atoms with E-state index in [-0.39, 0.29) is 0 Å². The molecule has 0 rings (SSSR count). The molecule has 0 saturated carbocycles. The number of rotatable bonds is 8. The van der Waals surface area contributed by atoms with E-state index in [1.807, 2.05) is 0 Å². The van der Waals surface area contributed by atoms with Crippen molar-refractivity contribution in [1.29, 1.82) is 0 Å². The SMILES string of the molecule is CCCC(C)CCC(C)(CC)CCC. The fourth-order valence-corrected chi connectivity index (χ4v) is 2.31. The van der Waals surface area contributed by atoms with Crippen LogP contribution >= 0.6 is 0 Å². The van der Waals surface area contributed by atoms with E-state index >= 15 is 0 Å². The average Bonchev–Trinajstić information content (AvgIpc) is 2.16. The summed E-state index contributed by atoms with van der Waals surface area (Å²) in [5, 5.41) is 0. The maximum atomic E-state index is 2.47. The van der Waals surface area contributed by atoms with Crippen LogP contribution in [0.25, 0.3) is 0 Å². The molecule has 0 bridgehead atoms. The monoisotopic (exact) mass is 198 g/mol. The van der Waals surface area contributed by atoms with Crippen molar-refractivity contribution >= 4 is 0 Å². The zero-order valence-electron chi connectivity index (χ0n) is 11.0. The Balaban J connectivity index is 3.81. The summed E-state index contributed by atoms with van der Waals surface area (Å²) in [6.45, 7) is 11.8. The van der Waals surface area contributed by atoms with Crippen molar-refractivity contribution in [3.05, 3.63) is 0 Å². The Bertz CT molecular complexity index is 128. The van der Waals surface area contributed by atoms with E-state index in [1.54, 1.807) is 0 Å². The van der Waals surface area contributed by atoms with E-state index in [2.05, 4.69) is 34.6 Å². The van der Waals surface area contributed by atoms with Crippen LogP contribution in [0.1, 0.15) is 79.6 Å². The molecule has 0 spiro atoms. The Morgan fingerprint density at radius 1 is 0.929 bits per heavy atom. The van der Waals surface area contributed by atoms with Crippen molar-refractivity contribution in [2.45, 2.75) is 79.6 Å². The Kier molecular flexibility index (Phi) is 7.31. The van der Waals surface area contributed by atoms with Crippen LogP contribution in [0.4, 0.5) is 0 Å². The Morgan fingerprint density at radius 3 is 2.00 bits per heavy atom. The third-order valence-corrected chi connectivity index (χ3v) is 3.73. The second kappa shape index (κ2) is 7.31. The summed E-state index contributed by atoms with van der Waals surface area (Å²) < 4.78 is 0. The first-order chi connectivity index (χ1) is 6.58. The molecule has 0 nitrogen and oxygen atoms in total. The van der Waals surface area contributed by atoms with Gasteiger partial charge >= 0.3 is 0 Å². The third kappa shape index (κ3) is 5.67. The van der Waals surface area contributed by atoms with Crippen molar-refractivity contribution in [2.24, 2.45) is 11.3 Å². The molecular formula is C14H30. The molecule has 0 amide bonds. The van der Waals surface area contributed by atoms with Gasteiger partial charge in [0.1, 0.15) is 0 Å². The van der Waals surface area contributed by atoms with Gasteiger partial charge in [0.2, 0.25) is 0 Å². The number of hydrogen-bond donors (Lipinski definition) is 0. The van der Waals surface area contributed by atoms with Gasteiger partial charge in [-0.25, -0.2) is 0 Å². The van der Waals surface area contributed by atoms with Gasteiger partial charge in [0.05, 0.1) is 0 Å². The Hall–Kier alpha value is 0. The van der Waals surface area contributed by atoms with Crippen molar-refractivity contribution in [2.75, 3.05) is 0 Å². The highest BCUT2D eigenvalue weighted by atomic mass is 14.3. The largest absolute Gasteiger partial charge is 0.0654 e. The smallest absolute Gasteiger partial charge is 0.0328 e. The Morgan fingerprint density at radius 2 is 1.57 bits per heavy atom. The molecule has 0 N–H and O–H groups in total. The van der Waals surface area contributed by atoms with Crippen LogP contribution in [-0.4, -0.2) is 0 Å². The molecule has 2 atom stereocenters. The number of hydrogen-bond acceptors (Lipinski definition) is 0. The van der Waals surface area contributed by atoms with Crippen LogP contribution in [0.15, 0.2) is 0 Å². The first kappa shape index (κ1) is 14.0. The van der Waals surface area contributed by atoms with Crippen LogP contribution < -0.4 is 0 Å². The Labute approximate surface area is 91.5 Å². The molecule has 0 aromatic rings. The second-order valence-electron chi connectivity index (χ2n) is 5.35. The molecule has 0 radical (unpaired) electrons. The molecule has 0 aromatic heterocycles. The normalized spacial score (nSPS) is 17.8. The van der Waals surface area contributed by atoms with Crippen molar-refractivity contribution < 1.29 is 0 Å². The molecule has 0 aliphatic carbocycles. The predicted octanol–water partition coefficient (Wildman–Crippen LogP) is 5.42. The maximum Gasteiger partial charge on any atom is -0.0328 e. The summed E-state index contributed by atoms with van der Waals surface area (Å²) in [7, 11) is 0. The van der Waals surface area contributed by atoms with Gasteiger partial charge in [0.15, 0.2) is 0 Å². The lowest BCUT2D eigenvalue weighted by atomic mass is 9.77. The lowest BCUT2D eigenvalue weighted by Gasteiger charge is -2.29. The van der Waals surface area contributed by atoms with Crippen molar-refractivity contribution in [3.8, 4) is 0 Å². The molecule has 0 saturated heterocycles. The molecule has 14 heavy (non-hydrogen) atoms. The first-order valence-electron chi connectivity index (χ1n) is 6.58. The summed E-state index contributed by atoms with van der Waals surface area (Å²) in [5.74, 6) is 0.933. The minimum Gasteiger partial charge on any atom is -0.0654 e. The standard InChI is InChI=1S/C14H30/c1-6-9-13(4)10-12-14(5,8-3)11-7-2/h13H,6-12H2,1-5H3. The molecule has 0 aromatic carbocycles. The predicted molar refractivity (Wildman–Crippen MR) is 66.6 cm³/mol. The molecule has 2 unspecified atom stereocenters. The summed E-state index contributed by atoms with van der Waals surface area (Å²) in [5.41, 5.74) is 0.622. The van der Waals surface area contributed by atoms with Gasteiger partial charge in [-0.15, -0.1) is 0 Å². The topological polar surface area (TPSA) is 0 Å². The van der Waals surface area contributed by atoms with Crippen LogP contribution in [0.5, 0.6) is 0 Å². The summed E-state index contributed by atoms with van der Waals surface area (Å²) in [4.78, 5) is 0. The minimum absolute atomic E-state index is 0.622. The first-order valence-corrected chi connectivity index (χ1v) is 6.58. The lowest BCUT2D eigenvalue weighted by molar-refractivity contribution is 0.232. The second-order valence-corrected chi connectivity index (χ2v) is 5.35. The quantitative estimate of drug-likeness (QED) is 0.488. The van der Waals surface area contributed by atoms with Gasteiger partial charge in [-0.1, -0.05) is 66.7 Å². The van der Waals surface area contributed by atoms with Gasteiger partial charge in [0, 0.05) is 0 Å². The molecule has 0 heterocycles. The van der Waals surface area contributed by atoms with Gasteiger partial charge in [-0.05, 0) is 24.2 Å². The highest BCUT2D eigenvalue weighted by molar-refractivity contribution is 4.73. The maximum absolute atomic E-state index is 2.47. The molecule has 0 aliphatic rings. The fraction of sp³-hybridized carbons (Fsp3) is 1.00. The zero-order valence-corrected chi connectivity index (χ0v) is 11.0. The minimum atomic E-state index is 0.622. The van der Waals surface area contributed by atoms with Crippen LogP contribution in [-0.2, 0) is 0 Å². The van der Waals surface area contributed by atoms with Crippen LogP contribution in [0, 0.1) is 11.3 Å². The van der Waals surface area contributed by atoms with E-state index in [4.69, 9.17) is 0 Å². The summed E-state index contributed by atoms with van der Waals surface area (Å²) in [6.07, 6.45) is 9.70. The van der Waals surface area contributed by atoms with Gasteiger partial charge in [0.25, 0.3) is 0 Å². The molecule has 0 heteroatoms. The molecule has 86 valence electrons. The zero-order chi connectivity index (χ0) is 11.0. The highest BCUT2D eigenvalue weighted by Gasteiger charge is 2.21.